The third-order valence-corrected chi connectivity index (χ3v) is 6.51. The molecule has 8 heteroatoms. The molecule has 0 fully saturated rings. The molecule has 1 unspecified atom stereocenters. The number of rotatable bonds is 13. The first kappa shape index (κ1) is 26.4. The van der Waals surface area contributed by atoms with Crippen LogP contribution in [0.4, 0.5) is 0 Å². The van der Waals surface area contributed by atoms with E-state index < -0.39 is 12.1 Å². The summed E-state index contributed by atoms with van der Waals surface area (Å²) < 4.78 is 24.0. The van der Waals surface area contributed by atoms with Gasteiger partial charge in [0.1, 0.15) is 23.0 Å². The normalized spacial score (nSPS) is 14.5. The number of nitrogens with zero attached hydrogens (tertiary/aromatic N) is 1. The lowest BCUT2D eigenvalue weighted by Gasteiger charge is -2.26. The highest BCUT2D eigenvalue weighted by molar-refractivity contribution is 5.74. The van der Waals surface area contributed by atoms with Crippen LogP contribution >= 0.6 is 0 Å². The molecule has 2 N–H and O–H groups in total. The fraction of sp³-hybridized carbons (Fsp3) is 0.448. The highest BCUT2D eigenvalue weighted by Crippen LogP contribution is 2.39. The molecule has 2 heterocycles. The van der Waals surface area contributed by atoms with E-state index in [2.05, 4.69) is 24.0 Å². The van der Waals surface area contributed by atoms with Crippen LogP contribution in [0.1, 0.15) is 56.2 Å². The molecule has 8 nitrogen and oxygen atoms in total. The van der Waals surface area contributed by atoms with Gasteiger partial charge in [-0.05, 0) is 55.5 Å². The molecule has 0 saturated heterocycles. The largest absolute Gasteiger partial charge is 0.496 e. The number of H-pyrrole nitrogens is 1. The topological polar surface area (TPSA) is 103 Å². The van der Waals surface area contributed by atoms with Crippen LogP contribution in [0.2, 0.25) is 0 Å². The van der Waals surface area contributed by atoms with Crippen molar-refractivity contribution in [1.29, 1.82) is 0 Å². The Kier molecular flexibility index (Phi) is 8.93. The van der Waals surface area contributed by atoms with Crippen molar-refractivity contribution in [3.05, 3.63) is 53.2 Å². The highest BCUT2D eigenvalue weighted by Gasteiger charge is 2.28. The van der Waals surface area contributed by atoms with Gasteiger partial charge in [-0.3, -0.25) is 5.10 Å². The van der Waals surface area contributed by atoms with Crippen LogP contribution in [-0.4, -0.2) is 47.7 Å². The Bertz CT molecular complexity index is 1190. The molecule has 4 rings (SSSR count). The molecule has 0 bridgehead atoms. The van der Waals surface area contributed by atoms with E-state index in [0.29, 0.717) is 38.2 Å². The van der Waals surface area contributed by atoms with E-state index in [1.807, 2.05) is 30.3 Å². The lowest BCUT2D eigenvalue weighted by atomic mass is 9.96. The minimum Gasteiger partial charge on any atom is -0.496 e. The number of aromatic amines is 1. The second kappa shape index (κ2) is 12.5. The van der Waals surface area contributed by atoms with Gasteiger partial charge >= 0.3 is 5.97 Å². The van der Waals surface area contributed by atoms with Crippen molar-refractivity contribution in [2.24, 2.45) is 0 Å². The van der Waals surface area contributed by atoms with Gasteiger partial charge in [0.15, 0.2) is 6.10 Å². The van der Waals surface area contributed by atoms with E-state index in [1.54, 1.807) is 13.3 Å². The Morgan fingerprint density at radius 2 is 1.76 bits per heavy atom. The first-order valence-electron chi connectivity index (χ1n) is 13.1. The highest BCUT2D eigenvalue weighted by atomic mass is 16.5. The lowest BCUT2D eigenvalue weighted by Crippen LogP contribution is -2.31. The zero-order chi connectivity index (χ0) is 26.2. The van der Waals surface area contributed by atoms with Crippen LogP contribution in [0.5, 0.6) is 23.0 Å². The number of aryl methyl sites for hydroxylation is 1. The van der Waals surface area contributed by atoms with Crippen molar-refractivity contribution >= 4 is 5.97 Å². The molecule has 0 saturated carbocycles. The van der Waals surface area contributed by atoms with Crippen LogP contribution in [-0.2, 0) is 24.1 Å². The molecule has 1 aliphatic heterocycles. The first-order chi connectivity index (χ1) is 18.1. The maximum absolute atomic E-state index is 11.5. The van der Waals surface area contributed by atoms with Gasteiger partial charge in [0.25, 0.3) is 0 Å². The molecular weight excluding hydrogens is 472 g/mol. The molecule has 3 aromatic rings. The van der Waals surface area contributed by atoms with E-state index >= 15 is 0 Å². The number of methoxy groups -OCH3 is 1. The average Bonchev–Trinajstić information content (AvgIpc) is 3.44. The molecule has 1 aliphatic rings. The van der Waals surface area contributed by atoms with Crippen molar-refractivity contribution in [3.8, 4) is 34.3 Å². The van der Waals surface area contributed by atoms with Crippen molar-refractivity contribution in [2.75, 3.05) is 20.3 Å². The van der Waals surface area contributed by atoms with Crippen LogP contribution in [0.3, 0.4) is 0 Å². The Morgan fingerprint density at radius 1 is 1.05 bits per heavy atom. The molecule has 37 heavy (non-hydrogen) atoms. The molecule has 0 aliphatic carbocycles. The average molecular weight is 509 g/mol. The van der Waals surface area contributed by atoms with Gasteiger partial charge in [0.2, 0.25) is 0 Å². The van der Waals surface area contributed by atoms with Crippen LogP contribution in [0.25, 0.3) is 11.3 Å². The van der Waals surface area contributed by atoms with Gasteiger partial charge in [0.05, 0.1) is 26.0 Å². The molecule has 0 radical (unpaired) electrons. The fourth-order valence-electron chi connectivity index (χ4n) is 4.79. The summed E-state index contributed by atoms with van der Waals surface area (Å²) in [5.41, 5.74) is 4.81. The van der Waals surface area contributed by atoms with Gasteiger partial charge in [-0.1, -0.05) is 32.8 Å². The second-order valence-corrected chi connectivity index (χ2v) is 9.15. The van der Waals surface area contributed by atoms with Gasteiger partial charge in [-0.15, -0.1) is 0 Å². The SMILES string of the molecule is CCCc1c(OCCCOc2ccc(-c3cc[nH]n3)c(OC)c2CCC)ccc2c1OC(C(=O)O)CC2. The summed E-state index contributed by atoms with van der Waals surface area (Å²) in [5.74, 6) is 2.12. The summed E-state index contributed by atoms with van der Waals surface area (Å²) in [5, 5.41) is 16.6. The smallest absolute Gasteiger partial charge is 0.344 e. The number of fused-ring (bicyclic) bond motifs is 1. The molecular formula is C29H36N2O6. The molecule has 1 aromatic heterocycles. The van der Waals surface area contributed by atoms with Crippen LogP contribution in [0.15, 0.2) is 36.5 Å². The monoisotopic (exact) mass is 508 g/mol. The van der Waals surface area contributed by atoms with E-state index in [-0.39, 0.29) is 0 Å². The van der Waals surface area contributed by atoms with E-state index in [0.717, 1.165) is 70.9 Å². The molecule has 1 atom stereocenters. The van der Waals surface area contributed by atoms with Crippen molar-refractivity contribution in [1.82, 2.24) is 10.2 Å². The number of aliphatic carboxylic acids is 1. The van der Waals surface area contributed by atoms with Gasteiger partial charge in [-0.25, -0.2) is 4.79 Å². The Labute approximate surface area is 217 Å². The summed E-state index contributed by atoms with van der Waals surface area (Å²) in [6.07, 6.45) is 6.33. The minimum absolute atomic E-state index is 0.476. The third kappa shape index (κ3) is 6.01. The summed E-state index contributed by atoms with van der Waals surface area (Å²) in [6, 6.07) is 9.85. The second-order valence-electron chi connectivity index (χ2n) is 9.15. The van der Waals surface area contributed by atoms with Crippen LogP contribution in [0, 0.1) is 0 Å². The zero-order valence-electron chi connectivity index (χ0n) is 21.8. The lowest BCUT2D eigenvalue weighted by molar-refractivity contribution is -0.145. The number of aromatic nitrogens is 2. The number of carboxylic acid groups (broad SMARTS) is 1. The minimum atomic E-state index is -0.923. The maximum Gasteiger partial charge on any atom is 0.344 e. The van der Waals surface area contributed by atoms with Crippen molar-refractivity contribution in [3.63, 3.8) is 0 Å². The number of benzene rings is 2. The Morgan fingerprint density at radius 3 is 2.41 bits per heavy atom. The van der Waals surface area contributed by atoms with Crippen molar-refractivity contribution < 1.29 is 28.8 Å². The maximum atomic E-state index is 11.5. The van der Waals surface area contributed by atoms with E-state index in [4.69, 9.17) is 18.9 Å². The van der Waals surface area contributed by atoms with Crippen LogP contribution < -0.4 is 18.9 Å². The molecule has 0 spiro atoms. The Balaban J connectivity index is 1.41. The number of hydrogen-bond acceptors (Lipinski definition) is 6. The summed E-state index contributed by atoms with van der Waals surface area (Å²) in [7, 11) is 1.68. The third-order valence-electron chi connectivity index (χ3n) is 6.51. The summed E-state index contributed by atoms with van der Waals surface area (Å²) in [4.78, 5) is 11.5. The van der Waals surface area contributed by atoms with Gasteiger partial charge < -0.3 is 24.1 Å². The van der Waals surface area contributed by atoms with Gasteiger partial charge in [-0.2, -0.15) is 5.10 Å². The number of hydrogen-bond donors (Lipinski definition) is 2. The fourth-order valence-corrected chi connectivity index (χ4v) is 4.79. The predicted molar refractivity (Wildman–Crippen MR) is 141 cm³/mol. The Hall–Kier alpha value is -3.68. The quantitative estimate of drug-likeness (QED) is 0.289. The standard InChI is InChI=1S/C29H36N2O6/c1-4-7-21-24(12-9-19-10-13-26(29(32)33)37-27(19)21)35-17-6-18-36-25-14-11-20(23-15-16-30-31-23)28(34-3)22(25)8-5-2/h9,11-12,14-16,26H,4-8,10,13,17-18H2,1-3H3,(H,30,31)(H,32,33). The predicted octanol–water partition coefficient (Wildman–Crippen LogP) is 5.62. The summed E-state index contributed by atoms with van der Waals surface area (Å²) in [6.45, 7) is 5.19. The van der Waals surface area contributed by atoms with E-state index in [9.17, 15) is 9.90 Å². The molecule has 0 amide bonds. The number of carboxylic acids is 1. The van der Waals surface area contributed by atoms with E-state index in [1.165, 1.54) is 0 Å². The first-order valence-corrected chi connectivity index (χ1v) is 13.1. The number of nitrogens with one attached hydrogen (secondary N) is 1. The molecule has 2 aromatic carbocycles. The zero-order valence-corrected chi connectivity index (χ0v) is 21.8. The van der Waals surface area contributed by atoms with Crippen molar-refractivity contribution in [2.45, 2.75) is 64.9 Å². The summed E-state index contributed by atoms with van der Waals surface area (Å²) >= 11 is 0. The molecule has 198 valence electrons. The number of ether oxygens (including phenoxy) is 4. The number of carbonyl (C=O) groups is 1. The van der Waals surface area contributed by atoms with Gasteiger partial charge in [0, 0.05) is 29.3 Å².